The first-order chi connectivity index (χ1) is 7.40. The van der Waals surface area contributed by atoms with Crippen LogP contribution in [-0.4, -0.2) is 23.1 Å². The van der Waals surface area contributed by atoms with Gasteiger partial charge in [0.25, 0.3) is 0 Å². The van der Waals surface area contributed by atoms with E-state index in [1.54, 1.807) is 6.20 Å². The molecule has 0 aliphatic carbocycles. The fraction of sp³-hybridized carbons (Fsp3) is 0.273. The molecule has 3 N–H and O–H groups in total. The minimum atomic E-state index is 0.640. The maximum atomic E-state index is 5.38. The molecule has 0 aliphatic heterocycles. The van der Waals surface area contributed by atoms with Crippen molar-refractivity contribution >= 4 is 11.0 Å². The number of aromatic nitrogens is 2. The van der Waals surface area contributed by atoms with Crippen LogP contribution in [0.3, 0.4) is 0 Å². The number of para-hydroxylation sites is 2. The van der Waals surface area contributed by atoms with Crippen LogP contribution in [0.5, 0.6) is 0 Å². The minimum Gasteiger partial charge on any atom is -0.329 e. The summed E-state index contributed by atoms with van der Waals surface area (Å²) in [5.74, 6) is 0. The molecule has 0 saturated heterocycles. The van der Waals surface area contributed by atoms with E-state index >= 15 is 0 Å². The van der Waals surface area contributed by atoms with Crippen LogP contribution >= 0.6 is 0 Å². The maximum Gasteiger partial charge on any atom is 0.0890 e. The van der Waals surface area contributed by atoms with Gasteiger partial charge in [0.2, 0.25) is 0 Å². The standard InChI is InChI=1S/C11H14N4/c12-5-6-13-7-9-8-14-10-3-1-2-4-11(10)15-9/h1-4,8,13H,5-7,12H2. The summed E-state index contributed by atoms with van der Waals surface area (Å²) in [6.07, 6.45) is 1.80. The Kier molecular flexibility index (Phi) is 3.22. The van der Waals surface area contributed by atoms with Crippen molar-refractivity contribution in [2.45, 2.75) is 6.54 Å². The zero-order chi connectivity index (χ0) is 10.5. The monoisotopic (exact) mass is 202 g/mol. The average Bonchev–Trinajstić information content (AvgIpc) is 2.29. The van der Waals surface area contributed by atoms with Crippen LogP contribution in [-0.2, 0) is 6.54 Å². The second-order valence-electron chi connectivity index (χ2n) is 3.32. The Balaban J connectivity index is 2.16. The van der Waals surface area contributed by atoms with Gasteiger partial charge in [-0.05, 0) is 12.1 Å². The summed E-state index contributed by atoms with van der Waals surface area (Å²) in [5.41, 5.74) is 8.20. The highest BCUT2D eigenvalue weighted by Crippen LogP contribution is 2.07. The molecule has 1 aromatic heterocycles. The van der Waals surface area contributed by atoms with E-state index in [2.05, 4.69) is 15.3 Å². The zero-order valence-corrected chi connectivity index (χ0v) is 8.48. The molecule has 0 bridgehead atoms. The van der Waals surface area contributed by atoms with Crippen molar-refractivity contribution in [3.63, 3.8) is 0 Å². The molecule has 1 aromatic carbocycles. The molecule has 0 spiro atoms. The normalized spacial score (nSPS) is 10.7. The van der Waals surface area contributed by atoms with Gasteiger partial charge in [0.05, 0.1) is 22.9 Å². The van der Waals surface area contributed by atoms with Crippen LogP contribution in [0.4, 0.5) is 0 Å². The number of fused-ring (bicyclic) bond motifs is 1. The highest BCUT2D eigenvalue weighted by atomic mass is 14.9. The number of benzene rings is 1. The van der Waals surface area contributed by atoms with Crippen molar-refractivity contribution in [3.8, 4) is 0 Å². The van der Waals surface area contributed by atoms with E-state index in [0.29, 0.717) is 6.54 Å². The first-order valence-corrected chi connectivity index (χ1v) is 5.01. The number of hydrogen-bond donors (Lipinski definition) is 2. The lowest BCUT2D eigenvalue weighted by atomic mass is 10.3. The number of nitrogens with two attached hydrogens (primary N) is 1. The van der Waals surface area contributed by atoms with Gasteiger partial charge in [-0.2, -0.15) is 0 Å². The summed E-state index contributed by atoms with van der Waals surface area (Å²) in [6.45, 7) is 2.16. The van der Waals surface area contributed by atoms with Crippen LogP contribution < -0.4 is 11.1 Å². The molecule has 0 atom stereocenters. The molecule has 0 aliphatic rings. The third-order valence-electron chi connectivity index (χ3n) is 2.13. The lowest BCUT2D eigenvalue weighted by molar-refractivity contribution is 0.682. The van der Waals surface area contributed by atoms with E-state index in [9.17, 15) is 0 Å². The van der Waals surface area contributed by atoms with Crippen molar-refractivity contribution in [1.29, 1.82) is 0 Å². The molecular formula is C11H14N4. The Labute approximate surface area is 88.5 Å². The summed E-state index contributed by atoms with van der Waals surface area (Å²) in [7, 11) is 0. The van der Waals surface area contributed by atoms with Crippen molar-refractivity contribution in [2.75, 3.05) is 13.1 Å². The van der Waals surface area contributed by atoms with E-state index in [1.165, 1.54) is 0 Å². The van der Waals surface area contributed by atoms with Crippen molar-refractivity contribution in [1.82, 2.24) is 15.3 Å². The zero-order valence-electron chi connectivity index (χ0n) is 8.48. The molecule has 2 aromatic rings. The van der Waals surface area contributed by atoms with Gasteiger partial charge in [-0.25, -0.2) is 4.98 Å². The van der Waals surface area contributed by atoms with Gasteiger partial charge in [-0.3, -0.25) is 4.98 Å². The van der Waals surface area contributed by atoms with Crippen molar-refractivity contribution in [2.24, 2.45) is 5.73 Å². The summed E-state index contributed by atoms with van der Waals surface area (Å²) >= 11 is 0. The predicted octanol–water partition coefficient (Wildman–Crippen LogP) is 0.678. The fourth-order valence-corrected chi connectivity index (χ4v) is 1.40. The first-order valence-electron chi connectivity index (χ1n) is 5.01. The number of hydrogen-bond acceptors (Lipinski definition) is 4. The Hall–Kier alpha value is -1.52. The maximum absolute atomic E-state index is 5.38. The smallest absolute Gasteiger partial charge is 0.0890 e. The third kappa shape index (κ3) is 2.49. The summed E-state index contributed by atoms with van der Waals surface area (Å²) in [5, 5.41) is 3.19. The second kappa shape index (κ2) is 4.82. The van der Waals surface area contributed by atoms with Crippen LogP contribution in [0.15, 0.2) is 30.5 Å². The molecule has 78 valence electrons. The SMILES string of the molecule is NCCNCc1cnc2ccccc2n1. The molecule has 2 rings (SSSR count). The fourth-order valence-electron chi connectivity index (χ4n) is 1.40. The average molecular weight is 202 g/mol. The number of nitrogens with one attached hydrogen (secondary N) is 1. The molecule has 0 amide bonds. The van der Waals surface area contributed by atoms with Gasteiger partial charge in [0.15, 0.2) is 0 Å². The molecule has 0 saturated carbocycles. The molecule has 0 fully saturated rings. The molecule has 15 heavy (non-hydrogen) atoms. The Morgan fingerprint density at radius 3 is 2.80 bits per heavy atom. The highest BCUT2D eigenvalue weighted by Gasteiger charge is 1.97. The van der Waals surface area contributed by atoms with E-state index in [4.69, 9.17) is 5.73 Å². The quantitative estimate of drug-likeness (QED) is 0.715. The molecule has 1 heterocycles. The summed E-state index contributed by atoms with van der Waals surface area (Å²) < 4.78 is 0. The predicted molar refractivity (Wildman–Crippen MR) is 60.3 cm³/mol. The summed E-state index contributed by atoms with van der Waals surface area (Å²) in [4.78, 5) is 8.81. The number of nitrogens with zero attached hydrogens (tertiary/aromatic N) is 2. The van der Waals surface area contributed by atoms with E-state index in [0.717, 1.165) is 29.8 Å². The molecule has 0 radical (unpaired) electrons. The molecule has 4 heteroatoms. The van der Waals surface area contributed by atoms with E-state index in [-0.39, 0.29) is 0 Å². The van der Waals surface area contributed by atoms with Crippen LogP contribution in [0.1, 0.15) is 5.69 Å². The first kappa shape index (κ1) is 10.0. The molecule has 0 unspecified atom stereocenters. The molecule has 4 nitrogen and oxygen atoms in total. The van der Waals surface area contributed by atoms with E-state index < -0.39 is 0 Å². The lowest BCUT2D eigenvalue weighted by Gasteiger charge is -2.03. The van der Waals surface area contributed by atoms with Crippen molar-refractivity contribution < 1.29 is 0 Å². The van der Waals surface area contributed by atoms with Crippen molar-refractivity contribution in [3.05, 3.63) is 36.2 Å². The lowest BCUT2D eigenvalue weighted by Crippen LogP contribution is -2.22. The van der Waals surface area contributed by atoms with Gasteiger partial charge >= 0.3 is 0 Å². The molecular weight excluding hydrogens is 188 g/mol. The van der Waals surface area contributed by atoms with Gasteiger partial charge in [0, 0.05) is 19.6 Å². The minimum absolute atomic E-state index is 0.640. The number of rotatable bonds is 4. The van der Waals surface area contributed by atoms with Gasteiger partial charge < -0.3 is 11.1 Å². The van der Waals surface area contributed by atoms with Crippen LogP contribution in [0, 0.1) is 0 Å². The Morgan fingerprint density at radius 2 is 2.00 bits per heavy atom. The Bertz CT molecular complexity index is 441. The Morgan fingerprint density at radius 1 is 1.20 bits per heavy atom. The topological polar surface area (TPSA) is 63.8 Å². The van der Waals surface area contributed by atoms with Crippen LogP contribution in [0.2, 0.25) is 0 Å². The third-order valence-corrected chi connectivity index (χ3v) is 2.13. The van der Waals surface area contributed by atoms with Crippen LogP contribution in [0.25, 0.3) is 11.0 Å². The van der Waals surface area contributed by atoms with Gasteiger partial charge in [0.1, 0.15) is 0 Å². The second-order valence-corrected chi connectivity index (χ2v) is 3.32. The van der Waals surface area contributed by atoms with Gasteiger partial charge in [-0.15, -0.1) is 0 Å². The van der Waals surface area contributed by atoms with Gasteiger partial charge in [-0.1, -0.05) is 12.1 Å². The highest BCUT2D eigenvalue weighted by molar-refractivity contribution is 5.73. The van der Waals surface area contributed by atoms with E-state index in [1.807, 2.05) is 24.3 Å². The summed E-state index contributed by atoms with van der Waals surface area (Å²) in [6, 6.07) is 7.85. The largest absolute Gasteiger partial charge is 0.329 e.